The maximum Gasteiger partial charge on any atom is 0.180 e. The van der Waals surface area contributed by atoms with Gasteiger partial charge in [0.15, 0.2) is 5.82 Å². The monoisotopic (exact) mass is 338 g/mol. The zero-order chi connectivity index (χ0) is 17.8. The van der Waals surface area contributed by atoms with Crippen molar-refractivity contribution in [2.45, 2.75) is 20.0 Å². The minimum Gasteiger partial charge on any atom is -0.386 e. The average molecular weight is 338 g/mol. The van der Waals surface area contributed by atoms with E-state index in [1.165, 1.54) is 6.07 Å². The van der Waals surface area contributed by atoms with Crippen molar-refractivity contribution in [1.29, 1.82) is 0 Å². The van der Waals surface area contributed by atoms with Gasteiger partial charge in [0.2, 0.25) is 0 Å². The van der Waals surface area contributed by atoms with E-state index in [4.69, 9.17) is 0 Å². The largest absolute Gasteiger partial charge is 0.386 e. The third-order valence-corrected chi connectivity index (χ3v) is 4.01. The standard InChI is InChI=1S/C19H19FN4O/c1-12-13(2)23-19(16-9-5-6-10-21-16)24-18(12)22-11-17(25)14-7-3-4-8-15(14)20/h3-10,17,25H,11H2,1-2H3,(H,22,23,24). The summed E-state index contributed by atoms with van der Waals surface area (Å²) in [6, 6.07) is 11.7. The molecule has 0 aliphatic carbocycles. The third kappa shape index (κ3) is 3.80. The summed E-state index contributed by atoms with van der Waals surface area (Å²) in [5, 5.41) is 13.3. The van der Waals surface area contributed by atoms with E-state index in [1.54, 1.807) is 24.4 Å². The molecule has 3 rings (SSSR count). The average Bonchev–Trinajstić information content (AvgIpc) is 2.63. The van der Waals surface area contributed by atoms with Crippen molar-refractivity contribution >= 4 is 5.82 Å². The van der Waals surface area contributed by atoms with Crippen LogP contribution >= 0.6 is 0 Å². The predicted molar refractivity (Wildman–Crippen MR) is 94.6 cm³/mol. The fraction of sp³-hybridized carbons (Fsp3) is 0.211. The van der Waals surface area contributed by atoms with Crippen molar-refractivity contribution in [2.75, 3.05) is 11.9 Å². The van der Waals surface area contributed by atoms with E-state index in [0.717, 1.165) is 11.3 Å². The zero-order valence-electron chi connectivity index (χ0n) is 14.1. The molecule has 6 heteroatoms. The molecule has 0 aliphatic heterocycles. The number of nitrogens with one attached hydrogen (secondary N) is 1. The Bertz CT molecular complexity index is 871. The zero-order valence-corrected chi connectivity index (χ0v) is 14.1. The topological polar surface area (TPSA) is 70.9 Å². The van der Waals surface area contributed by atoms with E-state index in [-0.39, 0.29) is 12.1 Å². The highest BCUT2D eigenvalue weighted by Crippen LogP contribution is 2.22. The van der Waals surface area contributed by atoms with Crippen LogP contribution in [0.15, 0.2) is 48.7 Å². The van der Waals surface area contributed by atoms with Crippen LogP contribution in [0.25, 0.3) is 11.5 Å². The summed E-state index contributed by atoms with van der Waals surface area (Å²) in [6.45, 7) is 3.93. The van der Waals surface area contributed by atoms with Crippen LogP contribution < -0.4 is 5.32 Å². The fourth-order valence-electron chi connectivity index (χ4n) is 2.46. The summed E-state index contributed by atoms with van der Waals surface area (Å²) >= 11 is 0. The van der Waals surface area contributed by atoms with Crippen LogP contribution in [0.1, 0.15) is 22.9 Å². The maximum atomic E-state index is 13.8. The number of benzene rings is 1. The quantitative estimate of drug-likeness (QED) is 0.746. The van der Waals surface area contributed by atoms with Crippen molar-refractivity contribution < 1.29 is 9.50 Å². The van der Waals surface area contributed by atoms with Crippen molar-refractivity contribution in [3.63, 3.8) is 0 Å². The molecule has 0 amide bonds. The van der Waals surface area contributed by atoms with E-state index >= 15 is 0 Å². The number of hydrogen-bond donors (Lipinski definition) is 2. The van der Waals surface area contributed by atoms with Crippen LogP contribution in [0.2, 0.25) is 0 Å². The van der Waals surface area contributed by atoms with E-state index in [1.807, 2.05) is 32.0 Å². The van der Waals surface area contributed by atoms with E-state index in [2.05, 4.69) is 20.3 Å². The molecule has 0 spiro atoms. The number of pyridine rings is 1. The molecule has 0 aliphatic rings. The van der Waals surface area contributed by atoms with Gasteiger partial charge in [-0.2, -0.15) is 0 Å². The molecule has 1 aromatic carbocycles. The lowest BCUT2D eigenvalue weighted by atomic mass is 10.1. The Morgan fingerprint density at radius 1 is 1.08 bits per heavy atom. The van der Waals surface area contributed by atoms with Crippen LogP contribution in [0, 0.1) is 19.7 Å². The molecule has 1 atom stereocenters. The van der Waals surface area contributed by atoms with E-state index < -0.39 is 11.9 Å². The Balaban J connectivity index is 1.83. The SMILES string of the molecule is Cc1nc(-c2ccccn2)nc(NCC(O)c2ccccc2F)c1C. The molecule has 3 aromatic rings. The second kappa shape index (κ2) is 7.36. The van der Waals surface area contributed by atoms with Crippen LogP contribution in [0.3, 0.4) is 0 Å². The lowest BCUT2D eigenvalue weighted by Crippen LogP contribution is -2.16. The second-order valence-corrected chi connectivity index (χ2v) is 5.74. The van der Waals surface area contributed by atoms with Crippen molar-refractivity contribution in [3.05, 3.63) is 71.3 Å². The van der Waals surface area contributed by atoms with Crippen molar-refractivity contribution in [2.24, 2.45) is 0 Å². The summed E-state index contributed by atoms with van der Waals surface area (Å²) < 4.78 is 13.8. The van der Waals surface area contributed by atoms with Crippen LogP contribution in [0.4, 0.5) is 10.2 Å². The van der Waals surface area contributed by atoms with Crippen molar-refractivity contribution in [1.82, 2.24) is 15.0 Å². The first-order chi connectivity index (χ1) is 12.1. The van der Waals surface area contributed by atoms with Gasteiger partial charge >= 0.3 is 0 Å². The Kier molecular flexibility index (Phi) is 5.00. The molecule has 0 saturated heterocycles. The maximum absolute atomic E-state index is 13.8. The molecule has 0 fully saturated rings. The molecule has 0 saturated carbocycles. The third-order valence-electron chi connectivity index (χ3n) is 4.01. The molecule has 0 bridgehead atoms. The molecule has 25 heavy (non-hydrogen) atoms. The number of aromatic nitrogens is 3. The van der Waals surface area contributed by atoms with Gasteiger partial charge in [-0.1, -0.05) is 24.3 Å². The second-order valence-electron chi connectivity index (χ2n) is 5.74. The van der Waals surface area contributed by atoms with Gasteiger partial charge in [-0.05, 0) is 32.0 Å². The first-order valence-electron chi connectivity index (χ1n) is 7.99. The number of aryl methyl sites for hydroxylation is 1. The molecule has 1 unspecified atom stereocenters. The summed E-state index contributed by atoms with van der Waals surface area (Å²) in [4.78, 5) is 13.2. The Morgan fingerprint density at radius 3 is 2.56 bits per heavy atom. The van der Waals surface area contributed by atoms with Crippen LogP contribution in [0.5, 0.6) is 0 Å². The van der Waals surface area contributed by atoms with Gasteiger partial charge in [0, 0.05) is 29.6 Å². The lowest BCUT2D eigenvalue weighted by Gasteiger charge is -2.16. The number of hydrogen-bond acceptors (Lipinski definition) is 5. The van der Waals surface area contributed by atoms with Crippen molar-refractivity contribution in [3.8, 4) is 11.5 Å². The number of nitrogens with zero attached hydrogens (tertiary/aromatic N) is 3. The minimum atomic E-state index is -0.978. The highest BCUT2D eigenvalue weighted by atomic mass is 19.1. The summed E-state index contributed by atoms with van der Waals surface area (Å²) in [7, 11) is 0. The summed E-state index contributed by atoms with van der Waals surface area (Å²) in [6.07, 6.45) is 0.706. The van der Waals surface area contributed by atoms with E-state index in [9.17, 15) is 9.50 Å². The number of halogens is 1. The number of aliphatic hydroxyl groups is 1. The van der Waals surface area contributed by atoms with Gasteiger partial charge < -0.3 is 10.4 Å². The van der Waals surface area contributed by atoms with Gasteiger partial charge in [-0.15, -0.1) is 0 Å². The molecule has 0 radical (unpaired) electrons. The highest BCUT2D eigenvalue weighted by molar-refractivity contribution is 5.56. The van der Waals surface area contributed by atoms with Crippen LogP contribution in [-0.2, 0) is 0 Å². The summed E-state index contributed by atoms with van der Waals surface area (Å²) in [5.74, 6) is 0.677. The van der Waals surface area contributed by atoms with Gasteiger partial charge in [0.25, 0.3) is 0 Å². The normalized spacial score (nSPS) is 12.0. The molecule has 2 N–H and O–H groups in total. The molecule has 5 nitrogen and oxygen atoms in total. The molecule has 2 heterocycles. The Morgan fingerprint density at radius 2 is 1.84 bits per heavy atom. The predicted octanol–water partition coefficient (Wildman–Crippen LogP) is 3.44. The molecule has 2 aromatic heterocycles. The first kappa shape index (κ1) is 17.0. The van der Waals surface area contributed by atoms with Gasteiger partial charge in [-0.25, -0.2) is 14.4 Å². The molecular weight excluding hydrogens is 319 g/mol. The molecular formula is C19H19FN4O. The highest BCUT2D eigenvalue weighted by Gasteiger charge is 2.15. The van der Waals surface area contributed by atoms with Gasteiger partial charge in [0.05, 0.1) is 6.10 Å². The van der Waals surface area contributed by atoms with Gasteiger partial charge in [0.1, 0.15) is 17.3 Å². The number of anilines is 1. The fourth-order valence-corrected chi connectivity index (χ4v) is 2.46. The lowest BCUT2D eigenvalue weighted by molar-refractivity contribution is 0.186. The number of rotatable bonds is 5. The van der Waals surface area contributed by atoms with Crippen LogP contribution in [-0.4, -0.2) is 26.6 Å². The smallest absolute Gasteiger partial charge is 0.180 e. The Labute approximate surface area is 145 Å². The summed E-state index contributed by atoms with van der Waals surface area (Å²) in [5.41, 5.74) is 2.62. The Hall–Kier alpha value is -2.86. The molecule has 128 valence electrons. The van der Waals surface area contributed by atoms with E-state index in [0.29, 0.717) is 17.3 Å². The first-order valence-corrected chi connectivity index (χ1v) is 7.99. The minimum absolute atomic E-state index is 0.139. The van der Waals surface area contributed by atoms with Gasteiger partial charge in [-0.3, -0.25) is 4.98 Å². The number of aliphatic hydroxyl groups excluding tert-OH is 1.